The highest BCUT2D eigenvalue weighted by molar-refractivity contribution is 5.85. The zero-order valence-electron chi connectivity index (χ0n) is 4.68. The van der Waals surface area contributed by atoms with Gasteiger partial charge < -0.3 is 0 Å². The molecule has 8 heavy (non-hydrogen) atoms. The number of rotatable bonds is 0. The normalized spacial score (nSPS) is 22.0. The lowest BCUT2D eigenvalue weighted by atomic mass is 10.2. The molecule has 1 saturated carbocycles. The van der Waals surface area contributed by atoms with Crippen LogP contribution in [-0.2, 0) is 0 Å². The van der Waals surface area contributed by atoms with Crippen LogP contribution in [0.25, 0.3) is 0 Å². The fraction of sp³-hybridized carbons (Fsp3) is 0.429. The summed E-state index contributed by atoms with van der Waals surface area (Å²) in [6.45, 7) is 0. The molecule has 2 rings (SSSR count). The number of halogens is 1. The molecule has 0 aliphatic heterocycles. The van der Waals surface area contributed by atoms with Crippen LogP contribution in [0.2, 0.25) is 0 Å². The Labute approximate surface area is 55.7 Å². The van der Waals surface area contributed by atoms with Gasteiger partial charge in [-0.2, -0.15) is 0 Å². The molecule has 2 aliphatic carbocycles. The summed E-state index contributed by atoms with van der Waals surface area (Å²) < 4.78 is 0. The minimum atomic E-state index is 0. The molecule has 2 bridgehead atoms. The molecule has 1 fully saturated rings. The summed E-state index contributed by atoms with van der Waals surface area (Å²) >= 11 is 0. The van der Waals surface area contributed by atoms with Crippen LogP contribution in [0.3, 0.4) is 0 Å². The first-order chi connectivity index (χ1) is 3.45. The second-order valence-electron chi connectivity index (χ2n) is 2.33. The van der Waals surface area contributed by atoms with Crippen LogP contribution < -0.4 is 0 Å². The van der Waals surface area contributed by atoms with Gasteiger partial charge in [-0.3, -0.25) is 0 Å². The summed E-state index contributed by atoms with van der Waals surface area (Å²) in [5.74, 6) is 0. The second-order valence-corrected chi connectivity index (χ2v) is 2.33. The molecular formula is C7H9Cl. The van der Waals surface area contributed by atoms with E-state index in [9.17, 15) is 0 Å². The smallest absolute Gasteiger partial charge is 0.0102 e. The number of hydrogen-bond acceptors (Lipinski definition) is 0. The molecule has 0 nitrogen and oxygen atoms in total. The topological polar surface area (TPSA) is 0 Å². The monoisotopic (exact) mass is 128 g/mol. The molecule has 0 unspecified atom stereocenters. The van der Waals surface area contributed by atoms with Crippen molar-refractivity contribution in [2.45, 2.75) is 19.3 Å². The minimum Gasteiger partial charge on any atom is -0.147 e. The highest BCUT2D eigenvalue weighted by Crippen LogP contribution is 2.34. The van der Waals surface area contributed by atoms with Gasteiger partial charge in [0.1, 0.15) is 0 Å². The third kappa shape index (κ3) is 0.692. The standard InChI is InChI=1S/C7H8.ClH/c1-2-7-4-3-6(1)5-7;/h1-2H,3-5H2;1H. The quantitative estimate of drug-likeness (QED) is 0.470. The third-order valence-corrected chi connectivity index (χ3v) is 1.78. The van der Waals surface area contributed by atoms with Crippen molar-refractivity contribution in [3.63, 3.8) is 0 Å². The molecule has 0 aromatic rings. The first kappa shape index (κ1) is 5.90. The Morgan fingerprint density at radius 1 is 1.00 bits per heavy atom. The Morgan fingerprint density at radius 3 is 1.62 bits per heavy atom. The van der Waals surface area contributed by atoms with Gasteiger partial charge in [-0.05, 0) is 19.3 Å². The Balaban J connectivity index is 0.000000320. The van der Waals surface area contributed by atoms with Crippen LogP contribution in [-0.4, -0.2) is 0 Å². The SMILES string of the molecule is C1=C2CCC(=C1)C2.Cl. The van der Waals surface area contributed by atoms with E-state index in [-0.39, 0.29) is 12.4 Å². The lowest BCUT2D eigenvalue weighted by Gasteiger charge is -1.87. The van der Waals surface area contributed by atoms with Gasteiger partial charge in [-0.1, -0.05) is 23.3 Å². The van der Waals surface area contributed by atoms with Crippen molar-refractivity contribution in [2.24, 2.45) is 0 Å². The van der Waals surface area contributed by atoms with Gasteiger partial charge >= 0.3 is 0 Å². The summed E-state index contributed by atoms with van der Waals surface area (Å²) in [5.41, 5.74) is 3.30. The molecule has 44 valence electrons. The van der Waals surface area contributed by atoms with Crippen molar-refractivity contribution in [1.29, 1.82) is 0 Å². The Morgan fingerprint density at radius 2 is 1.50 bits per heavy atom. The van der Waals surface area contributed by atoms with Crippen LogP contribution in [0.4, 0.5) is 0 Å². The molecule has 1 heteroatoms. The van der Waals surface area contributed by atoms with E-state index >= 15 is 0 Å². The maximum absolute atomic E-state index is 2.26. The van der Waals surface area contributed by atoms with Crippen LogP contribution in [0.5, 0.6) is 0 Å². The second kappa shape index (κ2) is 1.94. The molecule has 0 aromatic carbocycles. The van der Waals surface area contributed by atoms with E-state index in [1.165, 1.54) is 19.3 Å². The zero-order chi connectivity index (χ0) is 4.69. The molecule has 0 saturated heterocycles. The molecule has 0 atom stereocenters. The maximum Gasteiger partial charge on any atom is -0.0102 e. The van der Waals surface area contributed by atoms with Gasteiger partial charge in [0, 0.05) is 0 Å². The van der Waals surface area contributed by atoms with Crippen molar-refractivity contribution in [3.8, 4) is 0 Å². The summed E-state index contributed by atoms with van der Waals surface area (Å²) in [6.07, 6.45) is 8.54. The lowest BCUT2D eigenvalue weighted by molar-refractivity contribution is 1.04. The average Bonchev–Trinajstić information content (AvgIpc) is 2.22. The van der Waals surface area contributed by atoms with Gasteiger partial charge in [0.05, 0.1) is 0 Å². The molecule has 0 radical (unpaired) electrons. The summed E-state index contributed by atoms with van der Waals surface area (Å²) in [7, 11) is 0. The van der Waals surface area contributed by atoms with E-state index in [0.29, 0.717) is 0 Å². The highest BCUT2D eigenvalue weighted by Gasteiger charge is 2.14. The van der Waals surface area contributed by atoms with Gasteiger partial charge in [0.2, 0.25) is 0 Å². The fourth-order valence-corrected chi connectivity index (χ4v) is 1.31. The fourth-order valence-electron chi connectivity index (χ4n) is 1.31. The lowest BCUT2D eigenvalue weighted by Crippen LogP contribution is -1.67. The van der Waals surface area contributed by atoms with Crippen molar-refractivity contribution >= 4 is 12.4 Å². The van der Waals surface area contributed by atoms with Crippen molar-refractivity contribution < 1.29 is 0 Å². The molecule has 0 amide bonds. The minimum absolute atomic E-state index is 0. The first-order valence-corrected chi connectivity index (χ1v) is 2.82. The molecular weight excluding hydrogens is 120 g/mol. The zero-order valence-corrected chi connectivity index (χ0v) is 5.50. The van der Waals surface area contributed by atoms with Crippen LogP contribution in [0.1, 0.15) is 19.3 Å². The Hall–Kier alpha value is -0.230. The molecule has 2 aliphatic rings. The van der Waals surface area contributed by atoms with E-state index in [2.05, 4.69) is 12.2 Å². The predicted molar refractivity (Wildman–Crippen MR) is 37.3 cm³/mol. The van der Waals surface area contributed by atoms with E-state index in [1.54, 1.807) is 11.1 Å². The first-order valence-electron chi connectivity index (χ1n) is 2.82. The van der Waals surface area contributed by atoms with E-state index < -0.39 is 0 Å². The van der Waals surface area contributed by atoms with E-state index in [0.717, 1.165) is 0 Å². The molecule has 0 aromatic heterocycles. The van der Waals surface area contributed by atoms with E-state index in [1.807, 2.05) is 0 Å². The number of allylic oxidation sites excluding steroid dienone is 4. The molecule has 0 spiro atoms. The number of fused-ring (bicyclic) bond motifs is 2. The highest BCUT2D eigenvalue weighted by atomic mass is 35.5. The molecule has 0 N–H and O–H groups in total. The summed E-state index contributed by atoms with van der Waals surface area (Å²) in [6, 6.07) is 0. The maximum atomic E-state index is 2.26. The Bertz CT molecular complexity index is 136. The van der Waals surface area contributed by atoms with Gasteiger partial charge in [0.25, 0.3) is 0 Å². The summed E-state index contributed by atoms with van der Waals surface area (Å²) in [4.78, 5) is 0. The van der Waals surface area contributed by atoms with Crippen LogP contribution in [0.15, 0.2) is 23.3 Å². The van der Waals surface area contributed by atoms with Gasteiger partial charge in [0.15, 0.2) is 0 Å². The van der Waals surface area contributed by atoms with E-state index in [4.69, 9.17) is 0 Å². The van der Waals surface area contributed by atoms with Crippen molar-refractivity contribution in [1.82, 2.24) is 0 Å². The van der Waals surface area contributed by atoms with Crippen LogP contribution >= 0.6 is 12.4 Å². The van der Waals surface area contributed by atoms with Crippen LogP contribution in [0, 0.1) is 0 Å². The van der Waals surface area contributed by atoms with Crippen molar-refractivity contribution in [3.05, 3.63) is 23.3 Å². The van der Waals surface area contributed by atoms with Crippen molar-refractivity contribution in [2.75, 3.05) is 0 Å². The third-order valence-electron chi connectivity index (χ3n) is 1.78. The number of hydrogen-bond donors (Lipinski definition) is 0. The molecule has 0 heterocycles. The predicted octanol–water partition coefficient (Wildman–Crippen LogP) is 2.46. The summed E-state index contributed by atoms with van der Waals surface area (Å²) in [5, 5.41) is 0. The van der Waals surface area contributed by atoms with Gasteiger partial charge in [-0.25, -0.2) is 0 Å². The Kier molecular flexibility index (Phi) is 1.43. The largest absolute Gasteiger partial charge is 0.147 e. The van der Waals surface area contributed by atoms with Gasteiger partial charge in [-0.15, -0.1) is 12.4 Å². The average molecular weight is 129 g/mol.